The third-order valence-electron chi connectivity index (χ3n) is 2.51. The molecule has 1 atom stereocenters. The van der Waals surface area contributed by atoms with Crippen LogP contribution >= 0.6 is 0 Å². The first kappa shape index (κ1) is 10.1. The molecule has 1 aromatic heterocycles. The van der Waals surface area contributed by atoms with Crippen LogP contribution < -0.4 is 5.73 Å². The molecule has 0 aliphatic carbocycles. The Kier molecular flexibility index (Phi) is 2.98. The third-order valence-corrected chi connectivity index (χ3v) is 2.51. The van der Waals surface area contributed by atoms with Crippen molar-refractivity contribution >= 4 is 5.91 Å². The molecule has 82 valence electrons. The van der Waals surface area contributed by atoms with E-state index in [-0.39, 0.29) is 11.9 Å². The van der Waals surface area contributed by atoms with Gasteiger partial charge in [-0.1, -0.05) is 0 Å². The van der Waals surface area contributed by atoms with Crippen LogP contribution in [-0.2, 0) is 4.74 Å². The number of ether oxygens (including phenoxy) is 1. The lowest BCUT2D eigenvalue weighted by Gasteiger charge is -2.34. The zero-order valence-corrected chi connectivity index (χ0v) is 8.35. The van der Waals surface area contributed by atoms with E-state index < -0.39 is 0 Å². The van der Waals surface area contributed by atoms with Crippen molar-refractivity contribution in [2.45, 2.75) is 6.04 Å². The topological polar surface area (TPSA) is 84.2 Å². The molecule has 0 radical (unpaired) electrons. The van der Waals surface area contributed by atoms with Gasteiger partial charge in [0.1, 0.15) is 0 Å². The van der Waals surface area contributed by atoms with E-state index in [4.69, 9.17) is 10.5 Å². The SMILES string of the molecule is NCC1COCCN1C(=O)c1cn[nH]c1. The van der Waals surface area contributed by atoms with E-state index in [1.54, 1.807) is 11.1 Å². The van der Waals surface area contributed by atoms with Gasteiger partial charge < -0.3 is 15.4 Å². The average molecular weight is 210 g/mol. The van der Waals surface area contributed by atoms with Crippen molar-refractivity contribution in [3.8, 4) is 0 Å². The molecular weight excluding hydrogens is 196 g/mol. The van der Waals surface area contributed by atoms with E-state index in [0.29, 0.717) is 31.9 Å². The maximum Gasteiger partial charge on any atom is 0.257 e. The second-order valence-electron chi connectivity index (χ2n) is 3.45. The van der Waals surface area contributed by atoms with E-state index in [0.717, 1.165) is 0 Å². The minimum atomic E-state index is -0.0394. The molecule has 1 unspecified atom stereocenters. The van der Waals surface area contributed by atoms with Gasteiger partial charge in [-0.2, -0.15) is 5.10 Å². The number of H-pyrrole nitrogens is 1. The highest BCUT2D eigenvalue weighted by atomic mass is 16.5. The molecule has 1 saturated heterocycles. The van der Waals surface area contributed by atoms with Gasteiger partial charge in [0.15, 0.2) is 0 Å². The quantitative estimate of drug-likeness (QED) is 0.670. The number of nitrogens with one attached hydrogen (secondary N) is 1. The van der Waals surface area contributed by atoms with Crippen LogP contribution in [0.1, 0.15) is 10.4 Å². The number of aromatic nitrogens is 2. The van der Waals surface area contributed by atoms with Crippen LogP contribution in [0.15, 0.2) is 12.4 Å². The molecule has 6 nitrogen and oxygen atoms in total. The highest BCUT2D eigenvalue weighted by molar-refractivity contribution is 5.94. The number of rotatable bonds is 2. The number of aromatic amines is 1. The third kappa shape index (κ3) is 2.00. The summed E-state index contributed by atoms with van der Waals surface area (Å²) in [6.45, 7) is 2.09. The number of hydrogen-bond donors (Lipinski definition) is 2. The number of amides is 1. The van der Waals surface area contributed by atoms with E-state index in [9.17, 15) is 4.79 Å². The smallest absolute Gasteiger partial charge is 0.257 e. The minimum Gasteiger partial charge on any atom is -0.377 e. The van der Waals surface area contributed by atoms with Crippen LogP contribution in [0.3, 0.4) is 0 Å². The van der Waals surface area contributed by atoms with Crippen molar-refractivity contribution in [2.24, 2.45) is 5.73 Å². The summed E-state index contributed by atoms with van der Waals surface area (Å²) in [5.74, 6) is -0.0394. The maximum atomic E-state index is 12.0. The lowest BCUT2D eigenvalue weighted by atomic mass is 10.2. The number of nitrogens with zero attached hydrogens (tertiary/aromatic N) is 2. The van der Waals surface area contributed by atoms with Gasteiger partial charge >= 0.3 is 0 Å². The number of carbonyl (C=O) groups excluding carboxylic acids is 1. The van der Waals surface area contributed by atoms with E-state index in [1.165, 1.54) is 6.20 Å². The lowest BCUT2D eigenvalue weighted by Crippen LogP contribution is -2.51. The molecule has 1 aromatic rings. The number of nitrogens with two attached hydrogens (primary N) is 1. The first-order chi connectivity index (χ1) is 7.33. The van der Waals surface area contributed by atoms with E-state index in [1.807, 2.05) is 0 Å². The summed E-state index contributed by atoms with van der Waals surface area (Å²) in [4.78, 5) is 13.7. The molecule has 0 bridgehead atoms. The molecule has 0 aromatic carbocycles. The van der Waals surface area contributed by atoms with Gasteiger partial charge in [0.25, 0.3) is 5.91 Å². The molecule has 1 aliphatic heterocycles. The molecule has 2 heterocycles. The molecule has 2 rings (SSSR count). The predicted molar refractivity (Wildman–Crippen MR) is 53.3 cm³/mol. The molecule has 1 amide bonds. The van der Waals surface area contributed by atoms with Crippen molar-refractivity contribution in [1.29, 1.82) is 0 Å². The maximum absolute atomic E-state index is 12.0. The van der Waals surface area contributed by atoms with Gasteiger partial charge in [-0.3, -0.25) is 9.89 Å². The zero-order chi connectivity index (χ0) is 10.7. The van der Waals surface area contributed by atoms with Crippen molar-refractivity contribution in [3.63, 3.8) is 0 Å². The fourth-order valence-electron chi connectivity index (χ4n) is 1.65. The number of carbonyl (C=O) groups is 1. The van der Waals surface area contributed by atoms with Gasteiger partial charge in [-0.25, -0.2) is 0 Å². The summed E-state index contributed by atoms with van der Waals surface area (Å²) in [7, 11) is 0. The van der Waals surface area contributed by atoms with Crippen molar-refractivity contribution in [3.05, 3.63) is 18.0 Å². The first-order valence-corrected chi connectivity index (χ1v) is 4.90. The lowest BCUT2D eigenvalue weighted by molar-refractivity contribution is 0.000843. The number of morpholine rings is 1. The van der Waals surface area contributed by atoms with E-state index >= 15 is 0 Å². The van der Waals surface area contributed by atoms with Crippen LogP contribution in [-0.4, -0.2) is 53.3 Å². The Hall–Kier alpha value is -1.40. The average Bonchev–Trinajstić information content (AvgIpc) is 2.81. The summed E-state index contributed by atoms with van der Waals surface area (Å²) < 4.78 is 5.27. The van der Waals surface area contributed by atoms with Crippen molar-refractivity contribution in [2.75, 3.05) is 26.3 Å². The summed E-state index contributed by atoms with van der Waals surface area (Å²) in [5, 5.41) is 6.38. The Morgan fingerprint density at radius 3 is 3.33 bits per heavy atom. The van der Waals surface area contributed by atoms with Crippen LogP contribution in [0.4, 0.5) is 0 Å². The normalized spacial score (nSPS) is 21.7. The van der Waals surface area contributed by atoms with Crippen LogP contribution in [0, 0.1) is 0 Å². The summed E-state index contributed by atoms with van der Waals surface area (Å²) in [6, 6.07) is -0.0267. The fraction of sp³-hybridized carbons (Fsp3) is 0.556. The molecule has 3 N–H and O–H groups in total. The van der Waals surface area contributed by atoms with Gasteiger partial charge in [0.05, 0.1) is 31.0 Å². The second-order valence-corrected chi connectivity index (χ2v) is 3.45. The standard InChI is InChI=1S/C9H14N4O2/c10-3-8-6-15-2-1-13(8)9(14)7-4-11-12-5-7/h4-5,8H,1-3,6,10H2,(H,11,12). The Bertz CT molecular complexity index is 325. The molecular formula is C9H14N4O2. The van der Waals surface area contributed by atoms with E-state index in [2.05, 4.69) is 10.2 Å². The zero-order valence-electron chi connectivity index (χ0n) is 8.35. The monoisotopic (exact) mass is 210 g/mol. The molecule has 15 heavy (non-hydrogen) atoms. The van der Waals surface area contributed by atoms with Gasteiger partial charge in [0.2, 0.25) is 0 Å². The van der Waals surface area contributed by atoms with Gasteiger partial charge in [-0.05, 0) is 0 Å². The van der Waals surface area contributed by atoms with Gasteiger partial charge in [-0.15, -0.1) is 0 Å². The predicted octanol–water partition coefficient (Wildman–Crippen LogP) is -0.791. The van der Waals surface area contributed by atoms with Crippen LogP contribution in [0.25, 0.3) is 0 Å². The first-order valence-electron chi connectivity index (χ1n) is 4.90. The summed E-state index contributed by atoms with van der Waals surface area (Å²) >= 11 is 0. The minimum absolute atomic E-state index is 0.0267. The molecule has 6 heteroatoms. The fourth-order valence-corrected chi connectivity index (χ4v) is 1.65. The molecule has 1 fully saturated rings. The second kappa shape index (κ2) is 4.41. The Balaban J connectivity index is 2.11. The molecule has 0 spiro atoms. The summed E-state index contributed by atoms with van der Waals surface area (Å²) in [5.41, 5.74) is 6.15. The Morgan fingerprint density at radius 2 is 2.67 bits per heavy atom. The highest BCUT2D eigenvalue weighted by Gasteiger charge is 2.27. The van der Waals surface area contributed by atoms with Crippen LogP contribution in [0.2, 0.25) is 0 Å². The summed E-state index contributed by atoms with van der Waals surface area (Å²) in [6.07, 6.45) is 3.11. The highest BCUT2D eigenvalue weighted by Crippen LogP contribution is 2.10. The van der Waals surface area contributed by atoms with Crippen molar-refractivity contribution < 1.29 is 9.53 Å². The number of hydrogen-bond acceptors (Lipinski definition) is 4. The Morgan fingerprint density at radius 1 is 1.80 bits per heavy atom. The van der Waals surface area contributed by atoms with Gasteiger partial charge in [0, 0.05) is 19.3 Å². The van der Waals surface area contributed by atoms with Crippen LogP contribution in [0.5, 0.6) is 0 Å². The largest absolute Gasteiger partial charge is 0.377 e. The molecule has 0 saturated carbocycles. The Labute approximate surface area is 87.4 Å². The molecule has 1 aliphatic rings. The van der Waals surface area contributed by atoms with Crippen molar-refractivity contribution in [1.82, 2.24) is 15.1 Å².